The highest BCUT2D eigenvalue weighted by atomic mass is 35.5. The van der Waals surface area contributed by atoms with Crippen LogP contribution in [0.4, 0.5) is 0 Å². The van der Waals surface area contributed by atoms with E-state index >= 15 is 0 Å². The van der Waals surface area contributed by atoms with E-state index in [0.29, 0.717) is 12.1 Å². The van der Waals surface area contributed by atoms with E-state index < -0.39 is 15.9 Å². The molecule has 2 N–H and O–H groups in total. The van der Waals surface area contributed by atoms with Gasteiger partial charge in [0.05, 0.1) is 15.5 Å². The molecule has 1 fully saturated rings. The first-order valence-corrected chi connectivity index (χ1v) is 10.8. The molecule has 0 unspecified atom stereocenters. The Morgan fingerprint density at radius 3 is 2.24 bits per heavy atom. The van der Waals surface area contributed by atoms with Gasteiger partial charge < -0.3 is 10.6 Å². The Hall–Kier alpha value is -2.42. The normalized spacial score (nSPS) is 14.1. The lowest BCUT2D eigenvalue weighted by Crippen LogP contribution is -2.33. The largest absolute Gasteiger partial charge is 0.366 e. The first-order valence-electron chi connectivity index (χ1n) is 9.03. The molecule has 0 spiro atoms. The summed E-state index contributed by atoms with van der Waals surface area (Å²) in [6.07, 6.45) is 1.75. The molecular formula is C20H22ClN3O4S. The van der Waals surface area contributed by atoms with Crippen molar-refractivity contribution < 1.29 is 18.0 Å². The second-order valence-corrected chi connectivity index (χ2v) is 9.71. The predicted molar refractivity (Wildman–Crippen MR) is 110 cm³/mol. The minimum Gasteiger partial charge on any atom is -0.366 e. The number of halogens is 1. The maximum atomic E-state index is 13.2. The van der Waals surface area contributed by atoms with Gasteiger partial charge >= 0.3 is 0 Å². The molecule has 0 saturated heterocycles. The van der Waals surface area contributed by atoms with Crippen molar-refractivity contribution in [2.24, 2.45) is 5.73 Å². The SMILES string of the molecule is CN(C)S(=O)(=O)c1ccc(Cl)c(C(=O)N(Cc2ccc(C(N)=O)cc2)C2CC2)c1. The van der Waals surface area contributed by atoms with Crippen molar-refractivity contribution in [3.8, 4) is 0 Å². The van der Waals surface area contributed by atoms with Gasteiger partial charge in [-0.25, -0.2) is 12.7 Å². The smallest absolute Gasteiger partial charge is 0.255 e. The number of nitrogens with two attached hydrogens (primary N) is 1. The highest BCUT2D eigenvalue weighted by Gasteiger charge is 2.34. The summed E-state index contributed by atoms with van der Waals surface area (Å²) in [7, 11) is -0.835. The zero-order valence-electron chi connectivity index (χ0n) is 16.1. The third kappa shape index (κ3) is 4.60. The van der Waals surface area contributed by atoms with Gasteiger partial charge in [0, 0.05) is 32.2 Å². The Balaban J connectivity index is 1.91. The van der Waals surface area contributed by atoms with Crippen LogP contribution in [0.1, 0.15) is 39.1 Å². The van der Waals surface area contributed by atoms with E-state index in [2.05, 4.69) is 0 Å². The Bertz CT molecular complexity index is 1050. The van der Waals surface area contributed by atoms with Gasteiger partial charge in [0.15, 0.2) is 0 Å². The zero-order chi connectivity index (χ0) is 21.3. The molecule has 1 aliphatic rings. The fourth-order valence-electron chi connectivity index (χ4n) is 2.92. The van der Waals surface area contributed by atoms with Crippen LogP contribution in [-0.4, -0.2) is 49.6 Å². The van der Waals surface area contributed by atoms with Crippen molar-refractivity contribution in [2.75, 3.05) is 14.1 Å². The number of primary amides is 1. The molecule has 1 aliphatic carbocycles. The molecule has 2 aromatic rings. The van der Waals surface area contributed by atoms with Gasteiger partial charge in [-0.15, -0.1) is 0 Å². The first kappa shape index (κ1) is 21.3. The second-order valence-electron chi connectivity index (χ2n) is 7.15. The van der Waals surface area contributed by atoms with Crippen molar-refractivity contribution in [1.82, 2.24) is 9.21 Å². The number of hydrogen-bond acceptors (Lipinski definition) is 4. The quantitative estimate of drug-likeness (QED) is 0.721. The molecule has 0 atom stereocenters. The van der Waals surface area contributed by atoms with Crippen LogP contribution in [-0.2, 0) is 16.6 Å². The number of carbonyl (C=O) groups is 2. The molecule has 3 rings (SSSR count). The first-order chi connectivity index (χ1) is 13.6. The lowest BCUT2D eigenvalue weighted by molar-refractivity contribution is 0.0729. The van der Waals surface area contributed by atoms with E-state index in [1.807, 2.05) is 0 Å². The minimum absolute atomic E-state index is 0.0109. The monoisotopic (exact) mass is 435 g/mol. The number of amides is 2. The summed E-state index contributed by atoms with van der Waals surface area (Å²) >= 11 is 6.24. The van der Waals surface area contributed by atoms with E-state index in [4.69, 9.17) is 17.3 Å². The van der Waals surface area contributed by atoms with Crippen molar-refractivity contribution in [3.05, 3.63) is 64.2 Å². The molecule has 0 radical (unpaired) electrons. The minimum atomic E-state index is -3.69. The van der Waals surface area contributed by atoms with E-state index in [-0.39, 0.29) is 27.4 Å². The Labute approximate surface area is 175 Å². The standard InChI is InChI=1S/C20H22ClN3O4S/c1-23(2)29(27,28)16-9-10-18(21)17(11-16)20(26)24(15-7-8-15)12-13-3-5-14(6-4-13)19(22)25/h3-6,9-11,15H,7-8,12H2,1-2H3,(H2,22,25). The zero-order valence-corrected chi connectivity index (χ0v) is 17.7. The van der Waals surface area contributed by atoms with E-state index in [1.165, 1.54) is 32.3 Å². The fourth-order valence-corrected chi connectivity index (χ4v) is 4.05. The van der Waals surface area contributed by atoms with Crippen LogP contribution in [0.15, 0.2) is 47.4 Å². The van der Waals surface area contributed by atoms with Crippen molar-refractivity contribution in [2.45, 2.75) is 30.3 Å². The predicted octanol–water partition coefficient (Wildman–Crippen LogP) is 2.49. The van der Waals surface area contributed by atoms with E-state index in [0.717, 1.165) is 22.7 Å². The van der Waals surface area contributed by atoms with Crippen molar-refractivity contribution >= 4 is 33.4 Å². The number of nitrogens with zero attached hydrogens (tertiary/aromatic N) is 2. The molecule has 7 nitrogen and oxygen atoms in total. The topological polar surface area (TPSA) is 101 Å². The van der Waals surface area contributed by atoms with Crippen LogP contribution in [0.3, 0.4) is 0 Å². The third-order valence-corrected chi connectivity index (χ3v) is 6.93. The van der Waals surface area contributed by atoms with Crippen LogP contribution >= 0.6 is 11.6 Å². The second kappa shape index (κ2) is 8.14. The van der Waals surface area contributed by atoms with Gasteiger partial charge in [-0.05, 0) is 48.7 Å². The summed E-state index contributed by atoms with van der Waals surface area (Å²) in [4.78, 5) is 26.2. The molecule has 9 heteroatoms. The molecule has 154 valence electrons. The Morgan fingerprint density at radius 2 is 1.72 bits per heavy atom. The fraction of sp³-hybridized carbons (Fsp3) is 0.300. The Morgan fingerprint density at radius 1 is 1.10 bits per heavy atom. The molecule has 1 saturated carbocycles. The van der Waals surface area contributed by atoms with Crippen LogP contribution in [0.25, 0.3) is 0 Å². The van der Waals surface area contributed by atoms with Gasteiger partial charge in [0.1, 0.15) is 0 Å². The van der Waals surface area contributed by atoms with E-state index in [1.54, 1.807) is 29.2 Å². The molecule has 0 aliphatic heterocycles. The third-order valence-electron chi connectivity index (χ3n) is 4.79. The molecule has 2 amide bonds. The molecule has 0 aromatic heterocycles. The summed E-state index contributed by atoms with van der Waals surface area (Å²) in [5.41, 5.74) is 6.64. The molecule has 0 heterocycles. The van der Waals surface area contributed by atoms with Gasteiger partial charge in [-0.3, -0.25) is 9.59 Å². The van der Waals surface area contributed by atoms with Gasteiger partial charge in [-0.2, -0.15) is 0 Å². The van der Waals surface area contributed by atoms with E-state index in [9.17, 15) is 18.0 Å². The highest BCUT2D eigenvalue weighted by molar-refractivity contribution is 7.89. The van der Waals surface area contributed by atoms with Crippen molar-refractivity contribution in [3.63, 3.8) is 0 Å². The Kier molecular flexibility index (Phi) is 5.97. The summed E-state index contributed by atoms with van der Waals surface area (Å²) < 4.78 is 26.0. The van der Waals surface area contributed by atoms with Crippen LogP contribution in [0.2, 0.25) is 5.02 Å². The number of hydrogen-bond donors (Lipinski definition) is 1. The van der Waals surface area contributed by atoms with Crippen LogP contribution in [0.5, 0.6) is 0 Å². The number of benzene rings is 2. The number of rotatable bonds is 7. The molecule has 29 heavy (non-hydrogen) atoms. The lowest BCUT2D eigenvalue weighted by Gasteiger charge is -2.24. The lowest BCUT2D eigenvalue weighted by atomic mass is 10.1. The summed E-state index contributed by atoms with van der Waals surface area (Å²) in [5, 5.41) is 0.197. The molecular weight excluding hydrogens is 414 g/mol. The summed E-state index contributed by atoms with van der Waals surface area (Å²) in [6, 6.07) is 10.9. The highest BCUT2D eigenvalue weighted by Crippen LogP contribution is 2.32. The number of carbonyl (C=O) groups excluding carboxylic acids is 2. The van der Waals surface area contributed by atoms with Gasteiger partial charge in [0.25, 0.3) is 5.91 Å². The van der Waals surface area contributed by atoms with Crippen LogP contribution in [0, 0.1) is 0 Å². The van der Waals surface area contributed by atoms with Crippen LogP contribution < -0.4 is 5.73 Å². The average molecular weight is 436 g/mol. The maximum absolute atomic E-state index is 13.2. The van der Waals surface area contributed by atoms with Crippen molar-refractivity contribution in [1.29, 1.82) is 0 Å². The summed E-state index contributed by atoms with van der Waals surface area (Å²) in [6.45, 7) is 0.323. The number of sulfonamides is 1. The van der Waals surface area contributed by atoms with Gasteiger partial charge in [-0.1, -0.05) is 23.7 Å². The molecule has 0 bridgehead atoms. The maximum Gasteiger partial charge on any atom is 0.255 e. The van der Waals surface area contributed by atoms with Gasteiger partial charge in [0.2, 0.25) is 15.9 Å². The molecule has 2 aromatic carbocycles. The average Bonchev–Trinajstić information content (AvgIpc) is 3.51. The summed E-state index contributed by atoms with van der Waals surface area (Å²) in [5.74, 6) is -0.843.